The highest BCUT2D eigenvalue weighted by Gasteiger charge is 2.30. The zero-order valence-corrected chi connectivity index (χ0v) is 12.5. The Labute approximate surface area is 117 Å². The third-order valence-electron chi connectivity index (χ3n) is 4.53. The second-order valence-electron chi connectivity index (χ2n) is 5.98. The Kier molecular flexibility index (Phi) is 5.00. The van der Waals surface area contributed by atoms with E-state index in [1.54, 1.807) is 0 Å². The monoisotopic (exact) mass is 261 g/mol. The third-order valence-corrected chi connectivity index (χ3v) is 4.53. The van der Waals surface area contributed by atoms with E-state index in [9.17, 15) is 0 Å². The summed E-state index contributed by atoms with van der Waals surface area (Å²) in [5, 5.41) is 0. The van der Waals surface area contributed by atoms with Crippen LogP contribution in [0, 0.1) is 19.8 Å². The Balaban J connectivity index is 2.19. The van der Waals surface area contributed by atoms with Crippen LogP contribution < -0.4 is 5.73 Å². The van der Waals surface area contributed by atoms with E-state index in [0.29, 0.717) is 5.92 Å². The van der Waals surface area contributed by atoms with Crippen molar-refractivity contribution in [3.05, 3.63) is 34.9 Å². The van der Waals surface area contributed by atoms with Crippen LogP contribution in [0.15, 0.2) is 18.2 Å². The molecule has 0 aliphatic heterocycles. The summed E-state index contributed by atoms with van der Waals surface area (Å²) in [6.45, 7) is 4.26. The van der Waals surface area contributed by atoms with Gasteiger partial charge in [0.05, 0.1) is 12.1 Å². The van der Waals surface area contributed by atoms with Crippen LogP contribution >= 0.6 is 0 Å². The number of rotatable bonds is 4. The standard InChI is InChI=1S/C17H27NO/c1-12-9-10-13(2)15(11-12)16(18)17(19-3)14-7-5-4-6-8-14/h9-11,14,16-17H,4-8,18H2,1-3H3. The van der Waals surface area contributed by atoms with Crippen molar-refractivity contribution >= 4 is 0 Å². The number of methoxy groups -OCH3 is 1. The Morgan fingerprint density at radius 1 is 1.16 bits per heavy atom. The third kappa shape index (κ3) is 3.37. The lowest BCUT2D eigenvalue weighted by molar-refractivity contribution is 0.0171. The fourth-order valence-corrected chi connectivity index (χ4v) is 3.39. The van der Waals surface area contributed by atoms with Crippen molar-refractivity contribution in [2.45, 2.75) is 58.1 Å². The summed E-state index contributed by atoms with van der Waals surface area (Å²) < 4.78 is 5.78. The Morgan fingerprint density at radius 2 is 1.84 bits per heavy atom. The lowest BCUT2D eigenvalue weighted by Gasteiger charge is -2.34. The van der Waals surface area contributed by atoms with E-state index in [1.807, 2.05) is 7.11 Å². The molecule has 0 bridgehead atoms. The summed E-state index contributed by atoms with van der Waals surface area (Å²) in [7, 11) is 1.81. The van der Waals surface area contributed by atoms with Gasteiger partial charge in [-0.1, -0.05) is 43.0 Å². The molecular formula is C17H27NO. The van der Waals surface area contributed by atoms with Crippen molar-refractivity contribution < 1.29 is 4.74 Å². The molecule has 2 rings (SSSR count). The van der Waals surface area contributed by atoms with Crippen LogP contribution in [0.2, 0.25) is 0 Å². The molecule has 106 valence electrons. The quantitative estimate of drug-likeness (QED) is 0.892. The molecule has 0 heterocycles. The lowest BCUT2D eigenvalue weighted by Crippen LogP contribution is -2.36. The highest BCUT2D eigenvalue weighted by Crippen LogP contribution is 2.34. The molecule has 1 aliphatic carbocycles. The summed E-state index contributed by atoms with van der Waals surface area (Å²) in [4.78, 5) is 0. The molecule has 0 spiro atoms. The van der Waals surface area contributed by atoms with Crippen LogP contribution in [0.4, 0.5) is 0 Å². The lowest BCUT2D eigenvalue weighted by atomic mass is 9.80. The van der Waals surface area contributed by atoms with E-state index in [2.05, 4.69) is 32.0 Å². The van der Waals surface area contributed by atoms with Crippen LogP contribution in [0.25, 0.3) is 0 Å². The molecule has 2 heteroatoms. The molecule has 0 amide bonds. The minimum Gasteiger partial charge on any atom is -0.379 e. The molecule has 1 fully saturated rings. The predicted octanol–water partition coefficient (Wildman–Crippen LogP) is 3.90. The first-order chi connectivity index (χ1) is 9.13. The zero-order valence-electron chi connectivity index (χ0n) is 12.5. The van der Waals surface area contributed by atoms with Crippen molar-refractivity contribution in [1.82, 2.24) is 0 Å². The Bertz CT molecular complexity index is 410. The maximum Gasteiger partial charge on any atom is 0.0791 e. The molecule has 0 aromatic heterocycles. The number of ether oxygens (including phenoxy) is 1. The minimum atomic E-state index is -0.00648. The van der Waals surface area contributed by atoms with Gasteiger partial charge in [0.2, 0.25) is 0 Å². The van der Waals surface area contributed by atoms with Gasteiger partial charge in [-0.15, -0.1) is 0 Å². The molecule has 1 aliphatic rings. The number of hydrogen-bond donors (Lipinski definition) is 1. The van der Waals surface area contributed by atoms with Gasteiger partial charge in [0, 0.05) is 7.11 Å². The van der Waals surface area contributed by atoms with Gasteiger partial charge in [-0.3, -0.25) is 0 Å². The van der Waals surface area contributed by atoms with Gasteiger partial charge < -0.3 is 10.5 Å². The van der Waals surface area contributed by atoms with E-state index >= 15 is 0 Å². The summed E-state index contributed by atoms with van der Waals surface area (Å²) >= 11 is 0. The van der Waals surface area contributed by atoms with Crippen molar-refractivity contribution in [2.75, 3.05) is 7.11 Å². The molecule has 19 heavy (non-hydrogen) atoms. The van der Waals surface area contributed by atoms with Crippen molar-refractivity contribution in [2.24, 2.45) is 11.7 Å². The molecule has 1 aromatic carbocycles. The largest absolute Gasteiger partial charge is 0.379 e. The number of aryl methyl sites for hydroxylation is 2. The van der Waals surface area contributed by atoms with Gasteiger partial charge in [0.1, 0.15) is 0 Å². The highest BCUT2D eigenvalue weighted by atomic mass is 16.5. The van der Waals surface area contributed by atoms with E-state index in [1.165, 1.54) is 48.8 Å². The first kappa shape index (κ1) is 14.5. The van der Waals surface area contributed by atoms with E-state index in [0.717, 1.165) is 0 Å². The number of hydrogen-bond acceptors (Lipinski definition) is 2. The second kappa shape index (κ2) is 6.53. The molecule has 1 saturated carbocycles. The van der Waals surface area contributed by atoms with Crippen LogP contribution in [-0.2, 0) is 4.74 Å². The van der Waals surface area contributed by atoms with Crippen molar-refractivity contribution in [1.29, 1.82) is 0 Å². The van der Waals surface area contributed by atoms with Crippen molar-refractivity contribution in [3.8, 4) is 0 Å². The van der Waals surface area contributed by atoms with Crippen LogP contribution in [0.5, 0.6) is 0 Å². The molecule has 0 radical (unpaired) electrons. The fraction of sp³-hybridized carbons (Fsp3) is 0.647. The summed E-state index contributed by atoms with van der Waals surface area (Å²) in [5.74, 6) is 0.619. The molecule has 2 atom stereocenters. The molecule has 2 nitrogen and oxygen atoms in total. The average Bonchev–Trinajstić information content (AvgIpc) is 2.43. The van der Waals surface area contributed by atoms with Gasteiger partial charge in [-0.05, 0) is 43.7 Å². The molecule has 2 unspecified atom stereocenters. The first-order valence-corrected chi connectivity index (χ1v) is 7.49. The van der Waals surface area contributed by atoms with Crippen LogP contribution in [-0.4, -0.2) is 13.2 Å². The molecule has 0 saturated heterocycles. The van der Waals surface area contributed by atoms with Crippen LogP contribution in [0.3, 0.4) is 0 Å². The van der Waals surface area contributed by atoms with E-state index in [-0.39, 0.29) is 12.1 Å². The maximum atomic E-state index is 6.53. The average molecular weight is 261 g/mol. The second-order valence-corrected chi connectivity index (χ2v) is 5.98. The summed E-state index contributed by atoms with van der Waals surface area (Å²) in [5.41, 5.74) is 10.3. The zero-order chi connectivity index (χ0) is 13.8. The minimum absolute atomic E-state index is 0.00648. The number of nitrogens with two attached hydrogens (primary N) is 1. The van der Waals surface area contributed by atoms with Gasteiger partial charge in [-0.25, -0.2) is 0 Å². The molecule has 2 N–H and O–H groups in total. The summed E-state index contributed by atoms with van der Waals surface area (Å²) in [6, 6.07) is 6.52. The van der Waals surface area contributed by atoms with E-state index < -0.39 is 0 Å². The van der Waals surface area contributed by atoms with Gasteiger partial charge in [-0.2, -0.15) is 0 Å². The predicted molar refractivity (Wildman–Crippen MR) is 80.2 cm³/mol. The van der Waals surface area contributed by atoms with Crippen molar-refractivity contribution in [3.63, 3.8) is 0 Å². The van der Waals surface area contributed by atoms with Crippen LogP contribution in [0.1, 0.15) is 54.8 Å². The Morgan fingerprint density at radius 3 is 2.47 bits per heavy atom. The van der Waals surface area contributed by atoms with Gasteiger partial charge >= 0.3 is 0 Å². The fourth-order valence-electron chi connectivity index (χ4n) is 3.39. The SMILES string of the molecule is COC(C1CCCCC1)C(N)c1cc(C)ccc1C. The molecular weight excluding hydrogens is 234 g/mol. The van der Waals surface area contributed by atoms with Gasteiger partial charge in [0.25, 0.3) is 0 Å². The maximum absolute atomic E-state index is 6.53. The van der Waals surface area contributed by atoms with E-state index in [4.69, 9.17) is 10.5 Å². The Hall–Kier alpha value is -0.860. The van der Waals surface area contributed by atoms with Gasteiger partial charge in [0.15, 0.2) is 0 Å². The normalized spacial score (nSPS) is 20.2. The molecule has 1 aromatic rings. The first-order valence-electron chi connectivity index (χ1n) is 7.49. The topological polar surface area (TPSA) is 35.2 Å². The highest BCUT2D eigenvalue weighted by molar-refractivity contribution is 5.33. The number of benzene rings is 1. The summed E-state index contributed by atoms with van der Waals surface area (Å²) in [6.07, 6.45) is 6.69. The smallest absolute Gasteiger partial charge is 0.0791 e.